The lowest BCUT2D eigenvalue weighted by Crippen LogP contribution is -2.47. The van der Waals surface area contributed by atoms with E-state index >= 15 is 0 Å². The Morgan fingerprint density at radius 1 is 0.902 bits per heavy atom. The van der Waals surface area contributed by atoms with E-state index in [9.17, 15) is 9.59 Å². The summed E-state index contributed by atoms with van der Waals surface area (Å²) in [5.74, 6) is -0.335. The Labute approximate surface area is 243 Å². The minimum atomic E-state index is -0.605. The lowest BCUT2D eigenvalue weighted by atomic mass is 10.0. The van der Waals surface area contributed by atoms with Crippen molar-refractivity contribution in [1.29, 1.82) is 0 Å². The predicted molar refractivity (Wildman–Crippen MR) is 163 cm³/mol. The van der Waals surface area contributed by atoms with Gasteiger partial charge in [-0.05, 0) is 67.6 Å². The first-order chi connectivity index (χ1) is 19.7. The summed E-state index contributed by atoms with van der Waals surface area (Å²) in [7, 11) is 2.07. The van der Waals surface area contributed by atoms with Gasteiger partial charge in [0.25, 0.3) is 5.91 Å². The topological polar surface area (TPSA) is 115 Å². The molecule has 0 atom stereocenters. The van der Waals surface area contributed by atoms with Gasteiger partial charge in [-0.15, -0.1) is 0 Å². The van der Waals surface area contributed by atoms with Crippen LogP contribution < -0.4 is 11.5 Å². The first-order valence-electron chi connectivity index (χ1n) is 14.5. The zero-order valence-electron chi connectivity index (χ0n) is 24.6. The van der Waals surface area contributed by atoms with Gasteiger partial charge in [-0.25, -0.2) is 4.98 Å². The van der Waals surface area contributed by atoms with Gasteiger partial charge in [0, 0.05) is 37.9 Å². The number of hydrogen-bond acceptors (Lipinski definition) is 6. The molecule has 0 unspecified atom stereocenters. The Morgan fingerprint density at radius 2 is 1.56 bits per heavy atom. The Bertz CT molecular complexity index is 1330. The maximum Gasteiger partial charge on any atom is 0.252 e. The average molecular weight is 558 g/mol. The van der Waals surface area contributed by atoms with E-state index in [4.69, 9.17) is 16.2 Å². The van der Waals surface area contributed by atoms with Crippen LogP contribution in [0.2, 0.25) is 0 Å². The lowest BCUT2D eigenvalue weighted by molar-refractivity contribution is -0.132. The third-order valence-electron chi connectivity index (χ3n) is 8.04. The zero-order chi connectivity index (χ0) is 29.4. The number of rotatable bonds is 7. The average Bonchev–Trinajstić information content (AvgIpc) is 3.49. The molecule has 1 aromatic heterocycles. The van der Waals surface area contributed by atoms with E-state index in [0.717, 1.165) is 49.5 Å². The summed E-state index contributed by atoms with van der Waals surface area (Å²) in [6, 6.07) is 15.9. The summed E-state index contributed by atoms with van der Waals surface area (Å²) in [5.41, 5.74) is 17.8. The van der Waals surface area contributed by atoms with Gasteiger partial charge >= 0.3 is 0 Å². The van der Waals surface area contributed by atoms with Gasteiger partial charge < -0.3 is 26.0 Å². The Balaban J connectivity index is 0.000000218. The maximum absolute atomic E-state index is 12.4. The first-order valence-corrected chi connectivity index (χ1v) is 14.5. The van der Waals surface area contributed by atoms with Crippen LogP contribution in [0.5, 0.6) is 0 Å². The van der Waals surface area contributed by atoms with Crippen molar-refractivity contribution in [2.45, 2.75) is 58.7 Å². The summed E-state index contributed by atoms with van der Waals surface area (Å²) in [4.78, 5) is 32.0. The number of hydrogen-bond donors (Lipinski definition) is 2. The molecular weight excluding hydrogens is 514 g/mol. The molecule has 1 saturated carbocycles. The van der Waals surface area contributed by atoms with E-state index < -0.39 is 5.91 Å². The lowest BCUT2D eigenvalue weighted by Gasteiger charge is -2.32. The first kappa shape index (κ1) is 30.2. The summed E-state index contributed by atoms with van der Waals surface area (Å²) >= 11 is 0. The molecule has 8 nitrogen and oxygen atoms in total. The standard InChI is InChI=1S/C19H23N5O2.C14H20O/c1-23-6-8-24(9-7-23)17(25)10-13-2-4-14(5-3-13)15-11-16(19(21)26)18(20)22-12-15;1-11-7-8-13(9-12(11)2)10-15-14-5-3-4-6-14/h2-5,11-12H,6-10H2,1H3,(H2,20,22)(H2,21,26);7-9,14H,3-6,10H2,1-2H3. The number of likely N-dealkylation sites (N-methyl/N-ethyl adjacent to an activating group) is 1. The number of anilines is 1. The molecule has 1 aliphatic heterocycles. The number of benzene rings is 2. The van der Waals surface area contributed by atoms with Crippen molar-refractivity contribution < 1.29 is 14.3 Å². The van der Waals surface area contributed by atoms with Gasteiger partial charge in [0.2, 0.25) is 5.91 Å². The highest BCUT2D eigenvalue weighted by Crippen LogP contribution is 2.24. The molecule has 2 heterocycles. The second kappa shape index (κ2) is 14.2. The third kappa shape index (κ3) is 8.62. The van der Waals surface area contributed by atoms with Gasteiger partial charge in [0.15, 0.2) is 0 Å². The predicted octanol–water partition coefficient (Wildman–Crippen LogP) is 4.51. The fraction of sp³-hybridized carbons (Fsp3) is 0.424. The fourth-order valence-electron chi connectivity index (χ4n) is 5.15. The quantitative estimate of drug-likeness (QED) is 0.442. The third-order valence-corrected chi connectivity index (χ3v) is 8.04. The molecule has 218 valence electrons. The fourth-order valence-corrected chi connectivity index (χ4v) is 5.15. The van der Waals surface area contributed by atoms with Gasteiger partial charge in [-0.3, -0.25) is 9.59 Å². The smallest absolute Gasteiger partial charge is 0.252 e. The molecule has 5 rings (SSSR count). The number of primary amides is 1. The van der Waals surface area contributed by atoms with E-state index in [-0.39, 0.29) is 17.3 Å². The van der Waals surface area contributed by atoms with E-state index in [2.05, 4.69) is 49.0 Å². The van der Waals surface area contributed by atoms with Crippen molar-refractivity contribution in [3.8, 4) is 11.1 Å². The minimum Gasteiger partial charge on any atom is -0.383 e. The maximum atomic E-state index is 12.4. The number of ether oxygens (including phenoxy) is 1. The van der Waals surface area contributed by atoms with Crippen molar-refractivity contribution in [2.24, 2.45) is 5.73 Å². The van der Waals surface area contributed by atoms with Gasteiger partial charge in [-0.2, -0.15) is 0 Å². The monoisotopic (exact) mass is 557 g/mol. The van der Waals surface area contributed by atoms with Crippen molar-refractivity contribution in [2.75, 3.05) is 39.0 Å². The van der Waals surface area contributed by atoms with Crippen LogP contribution in [0.4, 0.5) is 5.82 Å². The van der Waals surface area contributed by atoms with E-state index in [1.165, 1.54) is 42.4 Å². The number of nitrogens with two attached hydrogens (primary N) is 2. The summed E-state index contributed by atoms with van der Waals surface area (Å²) in [6.07, 6.45) is 7.71. The largest absolute Gasteiger partial charge is 0.383 e. The second-order valence-corrected chi connectivity index (χ2v) is 11.2. The molecule has 4 N–H and O–H groups in total. The number of pyridine rings is 1. The zero-order valence-corrected chi connectivity index (χ0v) is 24.6. The Morgan fingerprint density at radius 3 is 2.20 bits per heavy atom. The number of aromatic nitrogens is 1. The summed E-state index contributed by atoms with van der Waals surface area (Å²) in [6.45, 7) is 8.48. The van der Waals surface area contributed by atoms with Crippen LogP contribution >= 0.6 is 0 Å². The number of nitrogen functional groups attached to an aromatic ring is 1. The van der Waals surface area contributed by atoms with Gasteiger partial charge in [0.05, 0.1) is 24.7 Å². The molecule has 8 heteroatoms. The number of amides is 2. The van der Waals surface area contributed by atoms with E-state index in [1.807, 2.05) is 29.2 Å². The van der Waals surface area contributed by atoms with Crippen molar-refractivity contribution in [3.63, 3.8) is 0 Å². The molecule has 0 spiro atoms. The van der Waals surface area contributed by atoms with E-state index in [0.29, 0.717) is 12.5 Å². The molecule has 1 saturated heterocycles. The number of nitrogens with zero attached hydrogens (tertiary/aromatic N) is 3. The highest BCUT2D eigenvalue weighted by atomic mass is 16.5. The molecule has 2 amide bonds. The molecule has 2 fully saturated rings. The second-order valence-electron chi connectivity index (χ2n) is 11.2. The molecule has 3 aromatic rings. The van der Waals surface area contributed by atoms with Gasteiger partial charge in [-0.1, -0.05) is 55.3 Å². The van der Waals surface area contributed by atoms with Crippen molar-refractivity contribution in [3.05, 3.63) is 82.5 Å². The molecule has 0 radical (unpaired) electrons. The number of carbonyl (C=O) groups excluding carboxylic acids is 2. The molecule has 2 aromatic carbocycles. The van der Waals surface area contributed by atoms with Crippen LogP contribution in [0.3, 0.4) is 0 Å². The molecule has 1 aliphatic carbocycles. The van der Waals surface area contributed by atoms with Crippen LogP contribution in [0.15, 0.2) is 54.7 Å². The van der Waals surface area contributed by atoms with Crippen LogP contribution in [0.25, 0.3) is 11.1 Å². The van der Waals surface area contributed by atoms with Gasteiger partial charge in [0.1, 0.15) is 5.82 Å². The summed E-state index contributed by atoms with van der Waals surface area (Å²) in [5, 5.41) is 0. The Kier molecular flexibility index (Phi) is 10.5. The molecular formula is C33H43N5O3. The highest BCUT2D eigenvalue weighted by molar-refractivity contribution is 5.98. The number of carbonyl (C=O) groups is 2. The normalized spacial score (nSPS) is 15.8. The SMILES string of the molecule is CN1CCN(C(=O)Cc2ccc(-c3cnc(N)c(C(N)=O)c3)cc2)CC1.Cc1ccc(COC2CCCC2)cc1C. The molecule has 2 aliphatic rings. The van der Waals surface area contributed by atoms with Crippen LogP contribution in [0, 0.1) is 13.8 Å². The minimum absolute atomic E-state index is 0.121. The summed E-state index contributed by atoms with van der Waals surface area (Å²) < 4.78 is 5.88. The van der Waals surface area contributed by atoms with Crippen molar-refractivity contribution >= 4 is 17.6 Å². The molecule has 0 bridgehead atoms. The van der Waals surface area contributed by atoms with Crippen LogP contribution in [0.1, 0.15) is 58.3 Å². The highest BCUT2D eigenvalue weighted by Gasteiger charge is 2.19. The Hall–Kier alpha value is -3.75. The number of aryl methyl sites for hydroxylation is 2. The van der Waals surface area contributed by atoms with Crippen LogP contribution in [-0.2, 0) is 22.6 Å². The van der Waals surface area contributed by atoms with Crippen molar-refractivity contribution in [1.82, 2.24) is 14.8 Å². The molecule has 41 heavy (non-hydrogen) atoms. The number of piperazine rings is 1. The van der Waals surface area contributed by atoms with E-state index in [1.54, 1.807) is 12.3 Å². The van der Waals surface area contributed by atoms with Crippen LogP contribution in [-0.4, -0.2) is 65.9 Å².